The molecule has 3 N–H and O–H groups in total. The maximum atomic E-state index is 9.13. The van der Waals surface area contributed by atoms with E-state index in [4.69, 9.17) is 15.6 Å². The summed E-state index contributed by atoms with van der Waals surface area (Å²) in [6.45, 7) is 2.49. The van der Waals surface area contributed by atoms with Crippen LogP contribution in [-0.2, 0) is 12.0 Å². The minimum Gasteiger partial charge on any atom is -0.493 e. The van der Waals surface area contributed by atoms with Gasteiger partial charge in [0, 0.05) is 6.42 Å². The lowest BCUT2D eigenvalue weighted by atomic mass is 9.93. The Morgan fingerprint density at radius 2 is 2.36 bits per heavy atom. The van der Waals surface area contributed by atoms with E-state index in [9.17, 15) is 0 Å². The van der Waals surface area contributed by atoms with Crippen molar-refractivity contribution in [2.45, 2.75) is 18.9 Å². The Hall–Kier alpha value is -1.06. The van der Waals surface area contributed by atoms with Crippen LogP contribution in [0.25, 0.3) is 0 Å². The minimum atomic E-state index is -0.680. The second-order valence-electron chi connectivity index (χ2n) is 4.00. The van der Waals surface area contributed by atoms with Crippen molar-refractivity contribution in [3.05, 3.63) is 29.3 Å². The quantitative estimate of drug-likeness (QED) is 0.730. The zero-order chi connectivity index (χ0) is 10.2. The third-order valence-corrected chi connectivity index (χ3v) is 2.68. The number of ether oxygens (including phenoxy) is 1. The Balaban J connectivity index is 2.38. The van der Waals surface area contributed by atoms with Crippen LogP contribution in [0.15, 0.2) is 18.2 Å². The zero-order valence-corrected chi connectivity index (χ0v) is 8.29. The van der Waals surface area contributed by atoms with E-state index in [2.05, 4.69) is 0 Å². The van der Waals surface area contributed by atoms with Gasteiger partial charge in [-0.2, -0.15) is 0 Å². The van der Waals surface area contributed by atoms with E-state index in [-0.39, 0.29) is 6.61 Å². The monoisotopic (exact) mass is 193 g/mol. The molecule has 0 aromatic heterocycles. The fourth-order valence-electron chi connectivity index (χ4n) is 1.61. The molecule has 1 heterocycles. The van der Waals surface area contributed by atoms with Crippen LogP contribution >= 0.6 is 0 Å². The van der Waals surface area contributed by atoms with Gasteiger partial charge >= 0.3 is 0 Å². The van der Waals surface area contributed by atoms with Gasteiger partial charge in [0.25, 0.3) is 0 Å². The van der Waals surface area contributed by atoms with Crippen molar-refractivity contribution in [2.75, 3.05) is 13.2 Å². The molecular formula is C11H15NO2. The highest BCUT2D eigenvalue weighted by molar-refractivity contribution is 5.42. The van der Waals surface area contributed by atoms with Gasteiger partial charge in [0.15, 0.2) is 0 Å². The van der Waals surface area contributed by atoms with Crippen molar-refractivity contribution in [1.82, 2.24) is 0 Å². The van der Waals surface area contributed by atoms with E-state index in [1.54, 1.807) is 0 Å². The molecule has 14 heavy (non-hydrogen) atoms. The fourth-order valence-corrected chi connectivity index (χ4v) is 1.61. The van der Waals surface area contributed by atoms with Crippen molar-refractivity contribution in [3.63, 3.8) is 0 Å². The maximum absolute atomic E-state index is 9.13. The molecule has 1 aromatic carbocycles. The predicted molar refractivity (Wildman–Crippen MR) is 54.3 cm³/mol. The lowest BCUT2D eigenvalue weighted by Gasteiger charge is -2.22. The van der Waals surface area contributed by atoms with Crippen molar-refractivity contribution >= 4 is 0 Å². The normalized spacial score (nSPS) is 18.5. The van der Waals surface area contributed by atoms with E-state index in [0.29, 0.717) is 0 Å². The molecule has 2 rings (SSSR count). The number of aliphatic hydroxyl groups is 1. The number of benzene rings is 1. The number of nitrogens with two attached hydrogens (primary N) is 1. The highest BCUT2D eigenvalue weighted by Gasteiger charge is 2.22. The van der Waals surface area contributed by atoms with Crippen LogP contribution in [0.3, 0.4) is 0 Å². The molecule has 1 atom stereocenters. The molecule has 3 nitrogen and oxygen atoms in total. The van der Waals surface area contributed by atoms with E-state index in [1.165, 1.54) is 5.56 Å². The Kier molecular flexibility index (Phi) is 2.21. The SMILES string of the molecule is CC(N)(CO)c1ccc2c(c1)OCC2. The van der Waals surface area contributed by atoms with Crippen LogP contribution in [0.1, 0.15) is 18.1 Å². The Bertz CT molecular complexity index is 347. The first-order chi connectivity index (χ1) is 6.63. The predicted octanol–water partition coefficient (Wildman–Crippen LogP) is 0.788. The number of hydrogen-bond donors (Lipinski definition) is 2. The van der Waals surface area contributed by atoms with Gasteiger partial charge in [-0.25, -0.2) is 0 Å². The van der Waals surface area contributed by atoms with E-state index in [0.717, 1.165) is 24.3 Å². The summed E-state index contributed by atoms with van der Waals surface area (Å²) in [5, 5.41) is 9.13. The second-order valence-corrected chi connectivity index (χ2v) is 4.00. The van der Waals surface area contributed by atoms with Crippen molar-refractivity contribution < 1.29 is 9.84 Å². The second kappa shape index (κ2) is 3.26. The third kappa shape index (κ3) is 1.49. The number of fused-ring (bicyclic) bond motifs is 1. The van der Waals surface area contributed by atoms with Gasteiger partial charge in [-0.3, -0.25) is 0 Å². The largest absolute Gasteiger partial charge is 0.493 e. The van der Waals surface area contributed by atoms with Crippen LogP contribution in [0, 0.1) is 0 Å². The third-order valence-electron chi connectivity index (χ3n) is 2.68. The molecule has 0 bridgehead atoms. The van der Waals surface area contributed by atoms with Crippen molar-refractivity contribution in [1.29, 1.82) is 0 Å². The summed E-state index contributed by atoms with van der Waals surface area (Å²) in [6.07, 6.45) is 0.968. The summed E-state index contributed by atoms with van der Waals surface area (Å²) in [6, 6.07) is 5.92. The summed E-state index contributed by atoms with van der Waals surface area (Å²) in [4.78, 5) is 0. The molecule has 0 spiro atoms. The molecule has 0 radical (unpaired) electrons. The summed E-state index contributed by atoms with van der Waals surface area (Å²) < 4.78 is 5.44. The topological polar surface area (TPSA) is 55.5 Å². The standard InChI is InChI=1S/C11H15NO2/c1-11(12,7-13)9-3-2-8-4-5-14-10(8)6-9/h2-3,6,13H,4-5,7,12H2,1H3. The molecule has 0 saturated carbocycles. The van der Waals surface area contributed by atoms with Crippen molar-refractivity contribution in [3.8, 4) is 5.75 Å². The Morgan fingerprint density at radius 1 is 1.57 bits per heavy atom. The van der Waals surface area contributed by atoms with E-state index < -0.39 is 5.54 Å². The van der Waals surface area contributed by atoms with Gasteiger partial charge in [-0.15, -0.1) is 0 Å². The molecule has 1 unspecified atom stereocenters. The van der Waals surface area contributed by atoms with Crippen molar-refractivity contribution in [2.24, 2.45) is 5.73 Å². The van der Waals surface area contributed by atoms with Gasteiger partial charge in [0.05, 0.1) is 18.8 Å². The number of hydrogen-bond acceptors (Lipinski definition) is 3. The molecule has 3 heteroatoms. The lowest BCUT2D eigenvalue weighted by molar-refractivity contribution is 0.209. The molecule has 1 aliphatic rings. The Labute approximate surface area is 83.5 Å². The summed E-state index contributed by atoms with van der Waals surface area (Å²) in [7, 11) is 0. The molecule has 1 aliphatic heterocycles. The van der Waals surface area contributed by atoms with E-state index in [1.807, 2.05) is 25.1 Å². The van der Waals surface area contributed by atoms with Gasteiger partial charge in [0.1, 0.15) is 5.75 Å². The van der Waals surface area contributed by atoms with Gasteiger partial charge in [0.2, 0.25) is 0 Å². The molecule has 0 amide bonds. The van der Waals surface area contributed by atoms with Gasteiger partial charge in [-0.05, 0) is 24.1 Å². The maximum Gasteiger partial charge on any atom is 0.122 e. The summed E-state index contributed by atoms with van der Waals surface area (Å²) in [5.74, 6) is 0.910. The Morgan fingerprint density at radius 3 is 3.07 bits per heavy atom. The average Bonchev–Trinajstić information content (AvgIpc) is 2.64. The highest BCUT2D eigenvalue weighted by atomic mass is 16.5. The van der Waals surface area contributed by atoms with Crippen LogP contribution in [0.4, 0.5) is 0 Å². The first-order valence-corrected chi connectivity index (χ1v) is 4.79. The average molecular weight is 193 g/mol. The number of aliphatic hydroxyl groups excluding tert-OH is 1. The van der Waals surface area contributed by atoms with Crippen LogP contribution in [-0.4, -0.2) is 18.3 Å². The first kappa shape index (κ1) is 9.49. The smallest absolute Gasteiger partial charge is 0.122 e. The number of rotatable bonds is 2. The highest BCUT2D eigenvalue weighted by Crippen LogP contribution is 2.29. The van der Waals surface area contributed by atoms with Crippen LogP contribution in [0.2, 0.25) is 0 Å². The van der Waals surface area contributed by atoms with E-state index >= 15 is 0 Å². The first-order valence-electron chi connectivity index (χ1n) is 4.79. The fraction of sp³-hybridized carbons (Fsp3) is 0.455. The lowest BCUT2D eigenvalue weighted by Crippen LogP contribution is -2.36. The zero-order valence-electron chi connectivity index (χ0n) is 8.29. The summed E-state index contributed by atoms with van der Waals surface area (Å²) in [5.41, 5.74) is 7.39. The van der Waals surface area contributed by atoms with Crippen LogP contribution < -0.4 is 10.5 Å². The molecule has 76 valence electrons. The molecule has 0 fully saturated rings. The molecule has 0 aliphatic carbocycles. The molecule has 0 saturated heterocycles. The van der Waals surface area contributed by atoms with Gasteiger partial charge in [-0.1, -0.05) is 12.1 Å². The van der Waals surface area contributed by atoms with Crippen LogP contribution in [0.5, 0.6) is 5.75 Å². The minimum absolute atomic E-state index is 0.0637. The summed E-state index contributed by atoms with van der Waals surface area (Å²) >= 11 is 0. The van der Waals surface area contributed by atoms with Gasteiger partial charge < -0.3 is 15.6 Å². The molecular weight excluding hydrogens is 178 g/mol. The molecule has 1 aromatic rings.